The van der Waals surface area contributed by atoms with Crippen LogP contribution in [0, 0.1) is 6.92 Å². The second-order valence-electron chi connectivity index (χ2n) is 7.66. The molecule has 0 aromatic carbocycles. The molecule has 4 heterocycles. The molecule has 0 atom stereocenters. The van der Waals surface area contributed by atoms with Crippen molar-refractivity contribution in [2.75, 3.05) is 13.1 Å². The first kappa shape index (κ1) is 19.9. The molecule has 7 heteroatoms. The Hall–Kier alpha value is -3.35. The minimum atomic E-state index is -0.176. The lowest BCUT2D eigenvalue weighted by Crippen LogP contribution is -2.38. The number of H-pyrrole nitrogens is 1. The van der Waals surface area contributed by atoms with Gasteiger partial charge in [-0.15, -0.1) is 0 Å². The van der Waals surface area contributed by atoms with Crippen molar-refractivity contribution in [2.24, 2.45) is 0 Å². The molecule has 1 fully saturated rings. The van der Waals surface area contributed by atoms with E-state index >= 15 is 0 Å². The highest BCUT2D eigenvalue weighted by molar-refractivity contribution is 5.76. The fourth-order valence-corrected chi connectivity index (χ4v) is 3.85. The molecule has 0 bridgehead atoms. The molecule has 1 aliphatic heterocycles. The molecule has 154 valence electrons. The first-order valence-electron chi connectivity index (χ1n) is 10.3. The molecule has 0 aliphatic carbocycles. The Balaban J connectivity index is 1.37. The lowest BCUT2D eigenvalue weighted by Gasteiger charge is -2.31. The second-order valence-corrected chi connectivity index (χ2v) is 7.66. The van der Waals surface area contributed by atoms with E-state index in [1.54, 1.807) is 6.20 Å². The van der Waals surface area contributed by atoms with Gasteiger partial charge in [-0.3, -0.25) is 19.6 Å². The highest BCUT2D eigenvalue weighted by Crippen LogP contribution is 2.26. The van der Waals surface area contributed by atoms with Crippen LogP contribution in [0.25, 0.3) is 11.4 Å². The van der Waals surface area contributed by atoms with Crippen LogP contribution in [0.4, 0.5) is 0 Å². The van der Waals surface area contributed by atoms with Crippen molar-refractivity contribution in [3.8, 4) is 11.4 Å². The fourth-order valence-electron chi connectivity index (χ4n) is 3.85. The molecule has 3 aromatic rings. The zero-order valence-corrected chi connectivity index (χ0v) is 17.0. The Morgan fingerprint density at radius 2 is 1.93 bits per heavy atom. The number of likely N-dealkylation sites (tertiary alicyclic amines) is 1. The summed E-state index contributed by atoms with van der Waals surface area (Å²) < 4.78 is 0. The summed E-state index contributed by atoms with van der Waals surface area (Å²) in [6, 6.07) is 12.9. The van der Waals surface area contributed by atoms with E-state index in [2.05, 4.69) is 19.9 Å². The number of amides is 1. The summed E-state index contributed by atoms with van der Waals surface area (Å²) in [5.41, 5.74) is 3.01. The number of pyridine rings is 2. The minimum Gasteiger partial charge on any atom is -0.343 e. The highest BCUT2D eigenvalue weighted by Gasteiger charge is 2.25. The molecule has 1 N–H and O–H groups in total. The van der Waals surface area contributed by atoms with Crippen molar-refractivity contribution in [2.45, 2.75) is 38.5 Å². The van der Waals surface area contributed by atoms with E-state index in [4.69, 9.17) is 0 Å². The number of aromatic amines is 1. The number of aryl methyl sites for hydroxylation is 2. The van der Waals surface area contributed by atoms with Crippen LogP contribution < -0.4 is 5.56 Å². The van der Waals surface area contributed by atoms with Gasteiger partial charge >= 0.3 is 0 Å². The van der Waals surface area contributed by atoms with Crippen molar-refractivity contribution < 1.29 is 4.79 Å². The number of piperidine rings is 1. The number of nitrogens with one attached hydrogen (secondary N) is 1. The number of rotatable bonds is 5. The third-order valence-electron chi connectivity index (χ3n) is 5.46. The molecule has 4 rings (SSSR count). The topological polar surface area (TPSA) is 91.8 Å². The number of hydrogen-bond donors (Lipinski definition) is 1. The monoisotopic (exact) mass is 403 g/mol. The maximum absolute atomic E-state index is 12.6. The molecule has 0 saturated carbocycles. The molecule has 7 nitrogen and oxygen atoms in total. The van der Waals surface area contributed by atoms with E-state index in [0.29, 0.717) is 43.1 Å². The van der Waals surface area contributed by atoms with Gasteiger partial charge in [0.15, 0.2) is 0 Å². The molecule has 0 radical (unpaired) electrons. The van der Waals surface area contributed by atoms with Gasteiger partial charge in [-0.25, -0.2) is 4.98 Å². The smallest absolute Gasteiger partial charge is 0.251 e. The third-order valence-corrected chi connectivity index (χ3v) is 5.46. The van der Waals surface area contributed by atoms with Crippen LogP contribution in [0.2, 0.25) is 0 Å². The lowest BCUT2D eigenvalue weighted by molar-refractivity contribution is -0.132. The molecule has 0 spiro atoms. The van der Waals surface area contributed by atoms with Crippen LogP contribution in [0.15, 0.2) is 53.5 Å². The van der Waals surface area contributed by atoms with Crippen LogP contribution in [0.5, 0.6) is 0 Å². The van der Waals surface area contributed by atoms with Gasteiger partial charge < -0.3 is 9.88 Å². The van der Waals surface area contributed by atoms with Crippen LogP contribution in [0.3, 0.4) is 0 Å². The Morgan fingerprint density at radius 3 is 2.67 bits per heavy atom. The summed E-state index contributed by atoms with van der Waals surface area (Å²) in [5.74, 6) is 0.962. The average Bonchev–Trinajstić information content (AvgIpc) is 2.78. The molecule has 1 aliphatic rings. The van der Waals surface area contributed by atoms with Crippen LogP contribution in [-0.2, 0) is 11.2 Å². The van der Waals surface area contributed by atoms with Gasteiger partial charge in [0, 0.05) is 49.1 Å². The van der Waals surface area contributed by atoms with Gasteiger partial charge in [-0.05, 0) is 50.5 Å². The van der Waals surface area contributed by atoms with Gasteiger partial charge in [0.05, 0.1) is 11.4 Å². The van der Waals surface area contributed by atoms with Crippen LogP contribution >= 0.6 is 0 Å². The summed E-state index contributed by atoms with van der Waals surface area (Å²) in [7, 11) is 0. The zero-order chi connectivity index (χ0) is 20.9. The summed E-state index contributed by atoms with van der Waals surface area (Å²) in [5, 5.41) is 0. The zero-order valence-electron chi connectivity index (χ0n) is 17.0. The standard InChI is InChI=1S/C23H25N5O2/c1-16-5-4-6-18(25-16)8-9-22(30)28-13-10-17(11-14-28)23-26-20(15-21(29)27-23)19-7-2-3-12-24-19/h2-7,12,15,17H,8-11,13-14H2,1H3,(H,26,27,29). The minimum absolute atomic E-state index is 0.129. The van der Waals surface area contributed by atoms with Gasteiger partial charge in [0.25, 0.3) is 5.56 Å². The van der Waals surface area contributed by atoms with E-state index in [9.17, 15) is 9.59 Å². The number of carbonyl (C=O) groups is 1. The van der Waals surface area contributed by atoms with Crippen molar-refractivity contribution in [1.29, 1.82) is 0 Å². The number of hydrogen-bond acceptors (Lipinski definition) is 5. The van der Waals surface area contributed by atoms with Crippen molar-refractivity contribution >= 4 is 5.91 Å². The summed E-state index contributed by atoms with van der Waals surface area (Å²) in [6.07, 6.45) is 4.37. The summed E-state index contributed by atoms with van der Waals surface area (Å²) >= 11 is 0. The molecule has 3 aromatic heterocycles. The summed E-state index contributed by atoms with van der Waals surface area (Å²) in [4.78, 5) is 43.0. The third kappa shape index (κ3) is 4.79. The first-order chi connectivity index (χ1) is 14.6. The predicted octanol–water partition coefficient (Wildman–Crippen LogP) is 2.87. The normalized spacial score (nSPS) is 14.6. The Bertz CT molecular complexity index is 1070. The van der Waals surface area contributed by atoms with Crippen LogP contribution in [-0.4, -0.2) is 43.8 Å². The Kier molecular flexibility index (Phi) is 5.97. The van der Waals surface area contributed by atoms with E-state index in [1.165, 1.54) is 6.07 Å². The predicted molar refractivity (Wildman–Crippen MR) is 114 cm³/mol. The second kappa shape index (κ2) is 8.98. The first-order valence-corrected chi connectivity index (χ1v) is 10.3. The van der Waals surface area contributed by atoms with Gasteiger partial charge in [-0.2, -0.15) is 0 Å². The Morgan fingerprint density at radius 1 is 1.10 bits per heavy atom. The SMILES string of the molecule is Cc1cccc(CCC(=O)N2CCC(c3nc(-c4ccccn4)cc(=O)[nH]3)CC2)n1. The maximum atomic E-state index is 12.6. The van der Waals surface area contributed by atoms with E-state index in [1.807, 2.05) is 48.2 Å². The number of carbonyl (C=O) groups excluding carboxylic acids is 1. The van der Waals surface area contributed by atoms with Gasteiger partial charge in [0.2, 0.25) is 5.91 Å². The average molecular weight is 403 g/mol. The molecule has 30 heavy (non-hydrogen) atoms. The molecule has 1 amide bonds. The quantitative estimate of drug-likeness (QED) is 0.707. The molecular formula is C23H25N5O2. The highest BCUT2D eigenvalue weighted by atomic mass is 16.2. The molecule has 0 unspecified atom stereocenters. The van der Waals surface area contributed by atoms with E-state index in [-0.39, 0.29) is 17.4 Å². The largest absolute Gasteiger partial charge is 0.343 e. The van der Waals surface area contributed by atoms with Crippen LogP contribution in [0.1, 0.15) is 42.4 Å². The van der Waals surface area contributed by atoms with Gasteiger partial charge in [-0.1, -0.05) is 12.1 Å². The van der Waals surface area contributed by atoms with Crippen molar-refractivity contribution in [3.05, 3.63) is 76.2 Å². The lowest BCUT2D eigenvalue weighted by atomic mass is 9.95. The van der Waals surface area contributed by atoms with Crippen molar-refractivity contribution in [1.82, 2.24) is 24.8 Å². The molecular weight excluding hydrogens is 378 g/mol. The van der Waals surface area contributed by atoms with E-state index in [0.717, 1.165) is 24.2 Å². The fraction of sp³-hybridized carbons (Fsp3) is 0.348. The van der Waals surface area contributed by atoms with Crippen molar-refractivity contribution in [3.63, 3.8) is 0 Å². The molecule has 1 saturated heterocycles. The Labute approximate surface area is 175 Å². The summed E-state index contributed by atoms with van der Waals surface area (Å²) in [6.45, 7) is 3.29. The number of nitrogens with zero attached hydrogens (tertiary/aromatic N) is 4. The van der Waals surface area contributed by atoms with Gasteiger partial charge in [0.1, 0.15) is 5.82 Å². The van der Waals surface area contributed by atoms with E-state index < -0.39 is 0 Å². The number of aromatic nitrogens is 4. The maximum Gasteiger partial charge on any atom is 0.251 e.